The van der Waals surface area contributed by atoms with Crippen LogP contribution in [0.5, 0.6) is 0 Å². The largest absolute Gasteiger partial charge is 0.371 e. The Labute approximate surface area is 119 Å². The minimum Gasteiger partial charge on any atom is -0.371 e. The second-order valence-electron chi connectivity index (χ2n) is 5.36. The first-order valence-electron chi connectivity index (χ1n) is 6.64. The summed E-state index contributed by atoms with van der Waals surface area (Å²) in [4.78, 5) is 18.0. The SMILES string of the molecule is CNc1nccc(C(=O)NC(CN(C)C)C(C)C)c1F. The molecule has 0 aliphatic rings. The van der Waals surface area contributed by atoms with E-state index in [1.807, 2.05) is 32.8 Å². The zero-order valence-electron chi connectivity index (χ0n) is 12.7. The van der Waals surface area contributed by atoms with Gasteiger partial charge in [-0.1, -0.05) is 13.8 Å². The lowest BCUT2D eigenvalue weighted by Gasteiger charge is -2.25. The first-order valence-corrected chi connectivity index (χ1v) is 6.64. The molecule has 112 valence electrons. The van der Waals surface area contributed by atoms with Gasteiger partial charge in [0, 0.05) is 25.8 Å². The van der Waals surface area contributed by atoms with E-state index >= 15 is 0 Å². The molecule has 1 heterocycles. The summed E-state index contributed by atoms with van der Waals surface area (Å²) in [7, 11) is 5.44. The first-order chi connectivity index (χ1) is 9.36. The second-order valence-corrected chi connectivity index (χ2v) is 5.36. The highest BCUT2D eigenvalue weighted by atomic mass is 19.1. The van der Waals surface area contributed by atoms with E-state index in [2.05, 4.69) is 15.6 Å². The normalized spacial score (nSPS) is 12.6. The monoisotopic (exact) mass is 282 g/mol. The van der Waals surface area contributed by atoms with E-state index in [9.17, 15) is 9.18 Å². The van der Waals surface area contributed by atoms with E-state index in [0.717, 1.165) is 0 Å². The Kier molecular flexibility index (Phi) is 5.88. The first kappa shape index (κ1) is 16.4. The molecule has 1 atom stereocenters. The zero-order chi connectivity index (χ0) is 15.3. The summed E-state index contributed by atoms with van der Waals surface area (Å²) < 4.78 is 14.0. The number of likely N-dealkylation sites (N-methyl/N-ethyl adjacent to an activating group) is 1. The van der Waals surface area contributed by atoms with Crippen LogP contribution in [0.4, 0.5) is 10.2 Å². The molecular weight excluding hydrogens is 259 g/mol. The maximum Gasteiger partial charge on any atom is 0.254 e. The third-order valence-corrected chi connectivity index (χ3v) is 3.05. The third kappa shape index (κ3) is 4.16. The van der Waals surface area contributed by atoms with Gasteiger partial charge in [-0.05, 0) is 26.1 Å². The van der Waals surface area contributed by atoms with Gasteiger partial charge in [0.15, 0.2) is 11.6 Å². The van der Waals surface area contributed by atoms with E-state index in [1.165, 1.54) is 12.3 Å². The molecular formula is C14H23FN4O. The van der Waals surface area contributed by atoms with Gasteiger partial charge in [0.2, 0.25) is 0 Å². The van der Waals surface area contributed by atoms with Crippen LogP contribution in [0.1, 0.15) is 24.2 Å². The van der Waals surface area contributed by atoms with Crippen LogP contribution in [0.2, 0.25) is 0 Å². The average Bonchev–Trinajstić information content (AvgIpc) is 2.37. The molecule has 1 aromatic heterocycles. The smallest absolute Gasteiger partial charge is 0.254 e. The lowest BCUT2D eigenvalue weighted by molar-refractivity contribution is 0.0912. The summed E-state index contributed by atoms with van der Waals surface area (Å²) >= 11 is 0. The molecule has 0 aromatic carbocycles. The Morgan fingerprint density at radius 3 is 2.60 bits per heavy atom. The molecule has 0 fully saturated rings. The number of anilines is 1. The summed E-state index contributed by atoms with van der Waals surface area (Å²) in [5.41, 5.74) is 0.00811. The molecule has 2 N–H and O–H groups in total. The van der Waals surface area contributed by atoms with E-state index in [-0.39, 0.29) is 23.3 Å². The number of aromatic nitrogens is 1. The highest BCUT2D eigenvalue weighted by molar-refractivity contribution is 5.95. The fourth-order valence-electron chi connectivity index (χ4n) is 1.86. The van der Waals surface area contributed by atoms with Gasteiger partial charge < -0.3 is 15.5 Å². The Morgan fingerprint density at radius 2 is 2.10 bits per heavy atom. The molecule has 1 aromatic rings. The predicted octanol–water partition coefficient (Wildman–Crippen LogP) is 1.58. The Bertz CT molecular complexity index is 462. The third-order valence-electron chi connectivity index (χ3n) is 3.05. The van der Waals surface area contributed by atoms with Crippen molar-refractivity contribution < 1.29 is 9.18 Å². The van der Waals surface area contributed by atoms with Gasteiger partial charge in [-0.2, -0.15) is 0 Å². The van der Waals surface area contributed by atoms with Crippen molar-refractivity contribution in [1.29, 1.82) is 0 Å². The average molecular weight is 282 g/mol. The van der Waals surface area contributed by atoms with Gasteiger partial charge in [0.1, 0.15) is 0 Å². The molecule has 0 bridgehead atoms. The fourth-order valence-corrected chi connectivity index (χ4v) is 1.86. The van der Waals surface area contributed by atoms with Crippen LogP contribution in [0, 0.1) is 11.7 Å². The maximum atomic E-state index is 14.0. The quantitative estimate of drug-likeness (QED) is 0.832. The van der Waals surface area contributed by atoms with Gasteiger partial charge in [-0.3, -0.25) is 4.79 Å². The van der Waals surface area contributed by atoms with Crippen LogP contribution in [-0.4, -0.2) is 49.5 Å². The Morgan fingerprint density at radius 1 is 1.45 bits per heavy atom. The van der Waals surface area contributed by atoms with Crippen LogP contribution in [-0.2, 0) is 0 Å². The van der Waals surface area contributed by atoms with E-state index in [4.69, 9.17) is 0 Å². The van der Waals surface area contributed by atoms with Crippen LogP contribution in [0.15, 0.2) is 12.3 Å². The number of hydrogen-bond acceptors (Lipinski definition) is 4. The van der Waals surface area contributed by atoms with Gasteiger partial charge in [-0.15, -0.1) is 0 Å². The number of nitrogens with zero attached hydrogens (tertiary/aromatic N) is 2. The second kappa shape index (κ2) is 7.19. The minimum atomic E-state index is -0.625. The van der Waals surface area contributed by atoms with Crippen molar-refractivity contribution in [3.63, 3.8) is 0 Å². The summed E-state index contributed by atoms with van der Waals surface area (Å²) in [5, 5.41) is 5.50. The van der Waals surface area contributed by atoms with Gasteiger partial charge >= 0.3 is 0 Å². The molecule has 0 saturated heterocycles. The number of nitrogens with one attached hydrogen (secondary N) is 2. The number of halogens is 1. The molecule has 0 spiro atoms. The molecule has 1 amide bonds. The summed E-state index contributed by atoms with van der Waals surface area (Å²) in [5.74, 6) is -0.705. The Balaban J connectivity index is 2.89. The van der Waals surface area contributed by atoms with Crippen LogP contribution < -0.4 is 10.6 Å². The fraction of sp³-hybridized carbons (Fsp3) is 0.571. The summed E-state index contributed by atoms with van der Waals surface area (Å²) in [6.07, 6.45) is 1.42. The summed E-state index contributed by atoms with van der Waals surface area (Å²) in [6.45, 7) is 4.75. The van der Waals surface area contributed by atoms with Gasteiger partial charge in [-0.25, -0.2) is 9.37 Å². The lowest BCUT2D eigenvalue weighted by atomic mass is 10.0. The van der Waals surface area contributed by atoms with E-state index in [1.54, 1.807) is 7.05 Å². The highest BCUT2D eigenvalue weighted by Gasteiger charge is 2.21. The van der Waals surface area contributed by atoms with Crippen molar-refractivity contribution in [2.24, 2.45) is 5.92 Å². The number of carbonyl (C=O) groups excluding carboxylic acids is 1. The van der Waals surface area contributed by atoms with Crippen molar-refractivity contribution in [3.8, 4) is 0 Å². The van der Waals surface area contributed by atoms with Crippen LogP contribution in [0.3, 0.4) is 0 Å². The van der Waals surface area contributed by atoms with Crippen molar-refractivity contribution in [2.75, 3.05) is 33.0 Å². The molecule has 20 heavy (non-hydrogen) atoms. The summed E-state index contributed by atoms with van der Waals surface area (Å²) in [6, 6.07) is 1.35. The van der Waals surface area contributed by atoms with Crippen molar-refractivity contribution >= 4 is 11.7 Å². The lowest BCUT2D eigenvalue weighted by Crippen LogP contribution is -2.45. The molecule has 1 unspecified atom stereocenters. The number of carbonyl (C=O) groups is 1. The minimum absolute atomic E-state index is 0.00811. The maximum absolute atomic E-state index is 14.0. The van der Waals surface area contributed by atoms with Gasteiger partial charge in [0.05, 0.1) is 5.56 Å². The number of amides is 1. The van der Waals surface area contributed by atoms with Crippen LogP contribution in [0.25, 0.3) is 0 Å². The Hall–Kier alpha value is -1.69. The number of hydrogen-bond donors (Lipinski definition) is 2. The molecule has 1 rings (SSSR count). The zero-order valence-corrected chi connectivity index (χ0v) is 12.7. The molecule has 0 aliphatic heterocycles. The van der Waals surface area contributed by atoms with E-state index < -0.39 is 11.7 Å². The standard InChI is InChI=1S/C14H23FN4O/c1-9(2)11(8-19(4)5)18-14(20)10-6-7-17-13(16-3)12(10)15/h6-7,9,11H,8H2,1-5H3,(H,16,17)(H,18,20). The number of rotatable bonds is 6. The molecule has 0 saturated carbocycles. The molecule has 0 aliphatic carbocycles. The highest BCUT2D eigenvalue weighted by Crippen LogP contribution is 2.15. The predicted molar refractivity (Wildman–Crippen MR) is 78.4 cm³/mol. The molecule has 5 nitrogen and oxygen atoms in total. The van der Waals surface area contributed by atoms with Crippen molar-refractivity contribution in [2.45, 2.75) is 19.9 Å². The number of pyridine rings is 1. The topological polar surface area (TPSA) is 57.3 Å². The van der Waals surface area contributed by atoms with Crippen molar-refractivity contribution in [1.82, 2.24) is 15.2 Å². The van der Waals surface area contributed by atoms with Gasteiger partial charge in [0.25, 0.3) is 5.91 Å². The van der Waals surface area contributed by atoms with Crippen molar-refractivity contribution in [3.05, 3.63) is 23.6 Å². The molecule has 0 radical (unpaired) electrons. The molecule has 6 heteroatoms. The van der Waals surface area contributed by atoms with E-state index in [0.29, 0.717) is 6.54 Å². The van der Waals surface area contributed by atoms with Crippen LogP contribution >= 0.6 is 0 Å².